The number of carbonyl (C=O) groups is 1. The molecule has 2 aromatic rings. The molecule has 0 radical (unpaired) electrons. The molecule has 24 heavy (non-hydrogen) atoms. The van der Waals surface area contributed by atoms with Crippen molar-refractivity contribution in [3.63, 3.8) is 0 Å². The Morgan fingerprint density at radius 1 is 1.29 bits per heavy atom. The topological polar surface area (TPSA) is 71.6 Å². The van der Waals surface area contributed by atoms with Crippen LogP contribution in [-0.2, 0) is 11.3 Å². The molecule has 1 amide bonds. The molecule has 4 rings (SSSR count). The number of nitrogens with zero attached hydrogens (tertiary/aromatic N) is 4. The summed E-state index contributed by atoms with van der Waals surface area (Å²) in [5.74, 6) is 0.488. The van der Waals surface area contributed by atoms with Crippen LogP contribution in [0, 0.1) is 5.92 Å². The molecule has 1 saturated carbocycles. The summed E-state index contributed by atoms with van der Waals surface area (Å²) in [5.41, 5.74) is 0. The van der Waals surface area contributed by atoms with E-state index in [1.165, 1.54) is 24.2 Å². The highest BCUT2D eigenvalue weighted by atomic mass is 32.1. The highest BCUT2D eigenvalue weighted by Crippen LogP contribution is 2.29. The largest absolute Gasteiger partial charge is 0.437 e. The van der Waals surface area contributed by atoms with Crippen molar-refractivity contribution in [2.75, 3.05) is 32.7 Å². The van der Waals surface area contributed by atoms with Crippen LogP contribution >= 0.6 is 11.3 Å². The Labute approximate surface area is 143 Å². The zero-order valence-electron chi connectivity index (χ0n) is 13.4. The van der Waals surface area contributed by atoms with Gasteiger partial charge in [0.25, 0.3) is 5.89 Å². The first-order valence-electron chi connectivity index (χ1n) is 8.31. The number of thiophene rings is 1. The monoisotopic (exact) mass is 348 g/mol. The van der Waals surface area contributed by atoms with Gasteiger partial charge in [-0.05, 0) is 30.2 Å². The van der Waals surface area contributed by atoms with E-state index in [2.05, 4.69) is 10.00 Å². The summed E-state index contributed by atoms with van der Waals surface area (Å²) in [6, 6.07) is 3.70. The Bertz CT molecular complexity index is 755. The van der Waals surface area contributed by atoms with Gasteiger partial charge in [0, 0.05) is 32.7 Å². The Kier molecular flexibility index (Phi) is 4.24. The van der Waals surface area contributed by atoms with Gasteiger partial charge in [0.15, 0.2) is 0 Å². The first-order valence-corrected chi connectivity index (χ1v) is 9.19. The van der Waals surface area contributed by atoms with Crippen LogP contribution in [0.4, 0.5) is 0 Å². The first kappa shape index (κ1) is 15.6. The fourth-order valence-electron chi connectivity index (χ4n) is 2.98. The SMILES string of the molecule is O=C(Cn1nc(-c2cccs2)oc1=O)N1CCN(CC2CC2)CC1. The van der Waals surface area contributed by atoms with E-state index in [1.807, 2.05) is 22.4 Å². The van der Waals surface area contributed by atoms with Crippen molar-refractivity contribution in [2.24, 2.45) is 5.92 Å². The molecule has 7 nitrogen and oxygen atoms in total. The molecule has 0 bridgehead atoms. The van der Waals surface area contributed by atoms with Gasteiger partial charge in [0.1, 0.15) is 6.54 Å². The minimum absolute atomic E-state index is 0.0592. The summed E-state index contributed by atoms with van der Waals surface area (Å²) in [4.78, 5) is 29.3. The van der Waals surface area contributed by atoms with E-state index in [4.69, 9.17) is 4.42 Å². The van der Waals surface area contributed by atoms with E-state index in [1.54, 1.807) is 0 Å². The summed E-state index contributed by atoms with van der Waals surface area (Å²) in [6.45, 7) is 4.37. The van der Waals surface area contributed by atoms with E-state index in [-0.39, 0.29) is 18.3 Å². The second-order valence-electron chi connectivity index (χ2n) is 6.43. The van der Waals surface area contributed by atoms with Gasteiger partial charge in [-0.1, -0.05) is 6.07 Å². The van der Waals surface area contributed by atoms with Crippen molar-refractivity contribution in [2.45, 2.75) is 19.4 Å². The van der Waals surface area contributed by atoms with Crippen LogP contribution in [0.3, 0.4) is 0 Å². The van der Waals surface area contributed by atoms with E-state index < -0.39 is 5.76 Å². The lowest BCUT2D eigenvalue weighted by Gasteiger charge is -2.34. The maximum absolute atomic E-state index is 12.4. The highest BCUT2D eigenvalue weighted by molar-refractivity contribution is 7.13. The lowest BCUT2D eigenvalue weighted by Crippen LogP contribution is -2.50. The summed E-state index contributed by atoms with van der Waals surface area (Å²) < 4.78 is 6.26. The van der Waals surface area contributed by atoms with Gasteiger partial charge in [-0.3, -0.25) is 9.69 Å². The van der Waals surface area contributed by atoms with Crippen LogP contribution in [0.2, 0.25) is 0 Å². The van der Waals surface area contributed by atoms with Gasteiger partial charge in [-0.15, -0.1) is 16.4 Å². The molecule has 0 atom stereocenters. The lowest BCUT2D eigenvalue weighted by molar-refractivity contribution is -0.133. The van der Waals surface area contributed by atoms with Crippen molar-refractivity contribution >= 4 is 17.2 Å². The molecule has 0 spiro atoms. The third kappa shape index (κ3) is 3.44. The van der Waals surface area contributed by atoms with E-state index >= 15 is 0 Å². The maximum atomic E-state index is 12.4. The van der Waals surface area contributed by atoms with Crippen LogP contribution in [0.5, 0.6) is 0 Å². The first-order chi connectivity index (χ1) is 11.7. The number of hydrogen-bond acceptors (Lipinski definition) is 6. The second kappa shape index (κ2) is 6.52. The van der Waals surface area contributed by atoms with Crippen molar-refractivity contribution in [1.82, 2.24) is 19.6 Å². The molecular formula is C16H20N4O3S. The predicted octanol–water partition coefficient (Wildman–Crippen LogP) is 1.12. The molecule has 128 valence electrons. The van der Waals surface area contributed by atoms with Crippen LogP contribution in [-0.4, -0.2) is 58.2 Å². The fourth-order valence-corrected chi connectivity index (χ4v) is 3.62. The smallest absolute Gasteiger partial charge is 0.387 e. The van der Waals surface area contributed by atoms with Crippen LogP contribution < -0.4 is 5.76 Å². The molecule has 1 aliphatic carbocycles. The van der Waals surface area contributed by atoms with Gasteiger partial charge in [0.05, 0.1) is 4.88 Å². The minimum Gasteiger partial charge on any atom is -0.387 e. The van der Waals surface area contributed by atoms with Crippen molar-refractivity contribution < 1.29 is 9.21 Å². The van der Waals surface area contributed by atoms with Crippen LogP contribution in [0.15, 0.2) is 26.7 Å². The molecule has 0 N–H and O–H groups in total. The molecular weight excluding hydrogens is 328 g/mol. The number of rotatable bonds is 5. The standard InChI is InChI=1S/C16H20N4O3S/c21-14(19-7-5-18(6-8-19)10-12-3-4-12)11-20-16(22)23-15(17-20)13-2-1-9-24-13/h1-2,9,12H,3-8,10-11H2. The Balaban J connectivity index is 1.35. The molecule has 3 heterocycles. The normalized spacial score (nSPS) is 18.9. The summed E-state index contributed by atoms with van der Waals surface area (Å²) in [7, 11) is 0. The average molecular weight is 348 g/mol. The number of amides is 1. The van der Waals surface area contributed by atoms with E-state index in [0.717, 1.165) is 48.2 Å². The van der Waals surface area contributed by atoms with E-state index in [0.29, 0.717) is 0 Å². The van der Waals surface area contributed by atoms with Crippen molar-refractivity contribution in [3.8, 4) is 10.8 Å². The molecule has 2 aromatic heterocycles. The van der Waals surface area contributed by atoms with Crippen molar-refractivity contribution in [1.29, 1.82) is 0 Å². The number of hydrogen-bond donors (Lipinski definition) is 0. The minimum atomic E-state index is -0.584. The second-order valence-corrected chi connectivity index (χ2v) is 7.38. The fraction of sp³-hybridized carbons (Fsp3) is 0.562. The molecule has 0 unspecified atom stereocenters. The molecule has 2 aliphatic rings. The molecule has 1 aliphatic heterocycles. The van der Waals surface area contributed by atoms with Crippen LogP contribution in [0.1, 0.15) is 12.8 Å². The summed E-state index contributed by atoms with van der Waals surface area (Å²) in [6.07, 6.45) is 2.70. The number of piperazine rings is 1. The third-order valence-corrected chi connectivity index (χ3v) is 5.42. The summed E-state index contributed by atoms with van der Waals surface area (Å²) >= 11 is 1.45. The van der Waals surface area contributed by atoms with Gasteiger partial charge in [0.2, 0.25) is 5.91 Å². The Morgan fingerprint density at radius 2 is 2.08 bits per heavy atom. The van der Waals surface area contributed by atoms with Gasteiger partial charge >= 0.3 is 5.76 Å². The molecule has 1 saturated heterocycles. The van der Waals surface area contributed by atoms with Crippen LogP contribution in [0.25, 0.3) is 10.8 Å². The van der Waals surface area contributed by atoms with Gasteiger partial charge in [-0.2, -0.15) is 4.68 Å². The highest BCUT2D eigenvalue weighted by Gasteiger charge is 2.28. The van der Waals surface area contributed by atoms with Gasteiger partial charge < -0.3 is 9.32 Å². The summed E-state index contributed by atoms with van der Waals surface area (Å²) in [5, 5.41) is 6.03. The number of aromatic nitrogens is 2. The number of carbonyl (C=O) groups excluding carboxylic acids is 1. The van der Waals surface area contributed by atoms with Crippen molar-refractivity contribution in [3.05, 3.63) is 28.1 Å². The van der Waals surface area contributed by atoms with Gasteiger partial charge in [-0.25, -0.2) is 4.79 Å². The Morgan fingerprint density at radius 3 is 2.75 bits per heavy atom. The Hall–Kier alpha value is -1.93. The third-order valence-electron chi connectivity index (χ3n) is 4.56. The molecule has 8 heteroatoms. The van der Waals surface area contributed by atoms with E-state index in [9.17, 15) is 9.59 Å². The molecule has 0 aromatic carbocycles. The molecule has 2 fully saturated rings. The zero-order chi connectivity index (χ0) is 16.5. The lowest BCUT2D eigenvalue weighted by atomic mass is 10.2. The quantitative estimate of drug-likeness (QED) is 0.810. The maximum Gasteiger partial charge on any atom is 0.437 e. The zero-order valence-corrected chi connectivity index (χ0v) is 14.2. The average Bonchev–Trinajstić information content (AvgIpc) is 3.09. The predicted molar refractivity (Wildman–Crippen MR) is 89.8 cm³/mol.